The van der Waals surface area contributed by atoms with Crippen LogP contribution in [0.15, 0.2) is 18.3 Å². The van der Waals surface area contributed by atoms with Crippen LogP contribution in [0.4, 0.5) is 13.2 Å². The van der Waals surface area contributed by atoms with Gasteiger partial charge >= 0.3 is 6.18 Å². The summed E-state index contributed by atoms with van der Waals surface area (Å²) in [6.07, 6.45) is -1.45. The molecule has 1 amide bonds. The second-order valence-electron chi connectivity index (χ2n) is 5.00. The van der Waals surface area contributed by atoms with Crippen LogP contribution in [0.1, 0.15) is 28.9 Å². The molecule has 2 heterocycles. The highest BCUT2D eigenvalue weighted by Crippen LogP contribution is 2.30. The van der Waals surface area contributed by atoms with Gasteiger partial charge in [0.2, 0.25) is 0 Å². The van der Waals surface area contributed by atoms with E-state index in [1.54, 1.807) is 0 Å². The standard InChI is InChI=1S/C13H12F3N3O/c14-13(15,16)9-3-8-4-10(19-11(8)17-6-9)12(20)18-5-7-1-2-7/h3-4,6-7H,1-2,5H2,(H,17,19)(H,18,20). The van der Waals surface area contributed by atoms with Crippen molar-refractivity contribution in [1.82, 2.24) is 15.3 Å². The molecule has 3 rings (SSSR count). The second-order valence-corrected chi connectivity index (χ2v) is 5.00. The summed E-state index contributed by atoms with van der Waals surface area (Å²) in [7, 11) is 0. The number of amides is 1. The van der Waals surface area contributed by atoms with E-state index in [1.165, 1.54) is 6.07 Å². The van der Waals surface area contributed by atoms with Crippen molar-refractivity contribution in [2.75, 3.05) is 6.54 Å². The molecular weight excluding hydrogens is 271 g/mol. The van der Waals surface area contributed by atoms with Gasteiger partial charge in [0.25, 0.3) is 5.91 Å². The summed E-state index contributed by atoms with van der Waals surface area (Å²) in [5.74, 6) is 0.224. The molecule has 0 radical (unpaired) electrons. The number of aromatic nitrogens is 2. The second kappa shape index (κ2) is 4.50. The van der Waals surface area contributed by atoms with Crippen LogP contribution in [0.5, 0.6) is 0 Å². The van der Waals surface area contributed by atoms with E-state index in [4.69, 9.17) is 0 Å². The Morgan fingerprint density at radius 2 is 2.15 bits per heavy atom. The fourth-order valence-electron chi connectivity index (χ4n) is 1.95. The van der Waals surface area contributed by atoms with Gasteiger partial charge in [0.15, 0.2) is 0 Å². The normalized spacial score (nSPS) is 15.6. The maximum Gasteiger partial charge on any atom is 0.417 e. The van der Waals surface area contributed by atoms with E-state index < -0.39 is 11.7 Å². The molecule has 0 aromatic carbocycles. The number of H-pyrrole nitrogens is 1. The van der Waals surface area contributed by atoms with E-state index in [9.17, 15) is 18.0 Å². The highest BCUT2D eigenvalue weighted by Gasteiger charge is 2.31. The van der Waals surface area contributed by atoms with Crippen molar-refractivity contribution in [1.29, 1.82) is 0 Å². The average Bonchev–Trinajstić information content (AvgIpc) is 3.11. The molecule has 0 bridgehead atoms. The zero-order chi connectivity index (χ0) is 14.3. The quantitative estimate of drug-likeness (QED) is 0.910. The number of aromatic amines is 1. The van der Waals surface area contributed by atoms with E-state index in [0.29, 0.717) is 12.5 Å². The minimum atomic E-state index is -4.44. The van der Waals surface area contributed by atoms with Gasteiger partial charge in [-0.15, -0.1) is 0 Å². The lowest BCUT2D eigenvalue weighted by atomic mass is 10.2. The average molecular weight is 283 g/mol. The molecule has 0 atom stereocenters. The molecule has 0 unspecified atom stereocenters. The zero-order valence-corrected chi connectivity index (χ0v) is 10.4. The summed E-state index contributed by atoms with van der Waals surface area (Å²) in [6, 6.07) is 2.37. The summed E-state index contributed by atoms with van der Waals surface area (Å²) < 4.78 is 37.7. The molecule has 20 heavy (non-hydrogen) atoms. The van der Waals surface area contributed by atoms with Crippen LogP contribution in [-0.4, -0.2) is 22.4 Å². The van der Waals surface area contributed by atoms with Gasteiger partial charge in [-0.25, -0.2) is 4.98 Å². The number of nitrogens with one attached hydrogen (secondary N) is 2. The molecule has 1 saturated carbocycles. The maximum atomic E-state index is 12.6. The van der Waals surface area contributed by atoms with E-state index in [1.807, 2.05) is 0 Å². The topological polar surface area (TPSA) is 57.8 Å². The van der Waals surface area contributed by atoms with Crippen LogP contribution in [0.3, 0.4) is 0 Å². The van der Waals surface area contributed by atoms with Crippen molar-refractivity contribution in [3.63, 3.8) is 0 Å². The Balaban J connectivity index is 1.84. The first kappa shape index (κ1) is 13.0. The van der Waals surface area contributed by atoms with Crippen LogP contribution in [0, 0.1) is 5.92 Å². The molecule has 1 aliphatic rings. The molecule has 106 valence electrons. The van der Waals surface area contributed by atoms with Gasteiger partial charge < -0.3 is 10.3 Å². The van der Waals surface area contributed by atoms with E-state index in [2.05, 4.69) is 15.3 Å². The van der Waals surface area contributed by atoms with Crippen molar-refractivity contribution in [3.8, 4) is 0 Å². The van der Waals surface area contributed by atoms with Gasteiger partial charge in [-0.1, -0.05) is 0 Å². The predicted molar refractivity (Wildman–Crippen MR) is 66.2 cm³/mol. The molecule has 2 aromatic rings. The highest BCUT2D eigenvalue weighted by atomic mass is 19.4. The van der Waals surface area contributed by atoms with Gasteiger partial charge in [-0.05, 0) is 30.9 Å². The van der Waals surface area contributed by atoms with Crippen LogP contribution in [0.2, 0.25) is 0 Å². The molecule has 0 saturated heterocycles. The Morgan fingerprint density at radius 3 is 2.80 bits per heavy atom. The van der Waals surface area contributed by atoms with Crippen LogP contribution < -0.4 is 5.32 Å². The summed E-state index contributed by atoms with van der Waals surface area (Å²) in [6.45, 7) is 0.607. The Bertz CT molecular complexity index is 658. The monoisotopic (exact) mass is 283 g/mol. The van der Waals surface area contributed by atoms with Gasteiger partial charge in [0.1, 0.15) is 11.3 Å². The molecule has 0 spiro atoms. The summed E-state index contributed by atoms with van der Waals surface area (Å²) in [5.41, 5.74) is -0.323. The van der Waals surface area contributed by atoms with Crippen molar-refractivity contribution >= 4 is 16.9 Å². The molecule has 1 aliphatic carbocycles. The Morgan fingerprint density at radius 1 is 1.40 bits per heavy atom. The zero-order valence-electron chi connectivity index (χ0n) is 10.4. The SMILES string of the molecule is O=C(NCC1CC1)c1cc2cc(C(F)(F)F)cnc2[nH]1. The Kier molecular flexibility index (Phi) is 2.92. The van der Waals surface area contributed by atoms with E-state index >= 15 is 0 Å². The molecule has 4 nitrogen and oxygen atoms in total. The lowest BCUT2D eigenvalue weighted by molar-refractivity contribution is -0.137. The Labute approximate surface area is 112 Å². The maximum absolute atomic E-state index is 12.6. The smallest absolute Gasteiger partial charge is 0.350 e. The largest absolute Gasteiger partial charge is 0.417 e. The number of hydrogen-bond acceptors (Lipinski definition) is 2. The van der Waals surface area contributed by atoms with Crippen LogP contribution in [-0.2, 0) is 6.18 Å². The first-order valence-electron chi connectivity index (χ1n) is 6.27. The Hall–Kier alpha value is -2.05. The minimum Gasteiger partial charge on any atom is -0.350 e. The summed E-state index contributed by atoms with van der Waals surface area (Å²) in [4.78, 5) is 18.3. The number of halogens is 3. The number of rotatable bonds is 3. The van der Waals surface area contributed by atoms with Crippen molar-refractivity contribution in [3.05, 3.63) is 29.6 Å². The van der Waals surface area contributed by atoms with Crippen molar-refractivity contribution < 1.29 is 18.0 Å². The third-order valence-electron chi connectivity index (χ3n) is 3.29. The number of fused-ring (bicyclic) bond motifs is 1. The lowest BCUT2D eigenvalue weighted by Crippen LogP contribution is -2.25. The number of carbonyl (C=O) groups is 1. The van der Waals surface area contributed by atoms with Gasteiger partial charge in [0.05, 0.1) is 5.56 Å². The number of alkyl halides is 3. The molecule has 7 heteroatoms. The number of carbonyl (C=O) groups excluding carboxylic acids is 1. The molecule has 0 aliphatic heterocycles. The lowest BCUT2D eigenvalue weighted by Gasteiger charge is -2.04. The molecule has 2 N–H and O–H groups in total. The number of nitrogens with zero attached hydrogens (tertiary/aromatic N) is 1. The minimum absolute atomic E-state index is 0.229. The molecule has 1 fully saturated rings. The summed E-state index contributed by atoms with van der Waals surface area (Å²) >= 11 is 0. The fraction of sp³-hybridized carbons (Fsp3) is 0.385. The van der Waals surface area contributed by atoms with E-state index in [-0.39, 0.29) is 22.6 Å². The van der Waals surface area contributed by atoms with Gasteiger partial charge in [-0.3, -0.25) is 4.79 Å². The van der Waals surface area contributed by atoms with Gasteiger partial charge in [0, 0.05) is 18.1 Å². The first-order chi connectivity index (χ1) is 9.43. The first-order valence-corrected chi connectivity index (χ1v) is 6.27. The van der Waals surface area contributed by atoms with Crippen LogP contribution >= 0.6 is 0 Å². The van der Waals surface area contributed by atoms with Crippen molar-refractivity contribution in [2.24, 2.45) is 5.92 Å². The highest BCUT2D eigenvalue weighted by molar-refractivity contribution is 5.97. The number of pyridine rings is 1. The van der Waals surface area contributed by atoms with E-state index in [0.717, 1.165) is 25.1 Å². The predicted octanol–water partition coefficient (Wildman–Crippen LogP) is 2.72. The third-order valence-corrected chi connectivity index (χ3v) is 3.29. The van der Waals surface area contributed by atoms with Crippen LogP contribution in [0.25, 0.3) is 11.0 Å². The fourth-order valence-corrected chi connectivity index (χ4v) is 1.95. The molecule has 2 aromatic heterocycles. The summed E-state index contributed by atoms with van der Waals surface area (Å²) in [5, 5.41) is 3.02. The number of hydrogen-bond donors (Lipinski definition) is 2. The molecular formula is C13H12F3N3O. The van der Waals surface area contributed by atoms with Gasteiger partial charge in [-0.2, -0.15) is 13.2 Å². The third kappa shape index (κ3) is 2.61. The van der Waals surface area contributed by atoms with Crippen molar-refractivity contribution in [2.45, 2.75) is 19.0 Å².